The van der Waals surface area contributed by atoms with Gasteiger partial charge < -0.3 is 5.32 Å². The van der Waals surface area contributed by atoms with Crippen LogP contribution in [0, 0.1) is 0 Å². The van der Waals surface area contributed by atoms with E-state index in [-0.39, 0.29) is 0 Å². The Kier molecular flexibility index (Phi) is 4.81. The molecule has 6 heteroatoms. The second-order valence-corrected chi connectivity index (χ2v) is 7.77. The molecule has 5 nitrogen and oxygen atoms in total. The van der Waals surface area contributed by atoms with Gasteiger partial charge in [-0.2, -0.15) is 5.10 Å². The van der Waals surface area contributed by atoms with Gasteiger partial charge >= 0.3 is 0 Å². The molecule has 130 valence electrons. The molecule has 1 saturated heterocycles. The van der Waals surface area contributed by atoms with E-state index in [0.717, 1.165) is 19.6 Å². The normalized spacial score (nSPS) is 16.2. The topological polar surface area (TPSA) is 46.0 Å². The summed E-state index contributed by atoms with van der Waals surface area (Å²) in [6.45, 7) is 3.33. The number of pyridine rings is 1. The third-order valence-electron chi connectivity index (χ3n) is 4.67. The van der Waals surface area contributed by atoms with Crippen LogP contribution in [-0.4, -0.2) is 38.8 Å². The van der Waals surface area contributed by atoms with E-state index >= 15 is 0 Å². The molecule has 3 aromatic heterocycles. The maximum absolute atomic E-state index is 4.26. The van der Waals surface area contributed by atoms with Gasteiger partial charge in [0, 0.05) is 72.3 Å². The average molecular weight is 353 g/mol. The zero-order valence-electron chi connectivity index (χ0n) is 14.4. The van der Waals surface area contributed by atoms with Crippen molar-refractivity contribution in [1.82, 2.24) is 19.7 Å². The molecule has 0 aromatic carbocycles. The number of thiophene rings is 1. The number of piperidine rings is 1. The van der Waals surface area contributed by atoms with Crippen LogP contribution in [-0.2, 0) is 13.6 Å². The van der Waals surface area contributed by atoms with Crippen LogP contribution in [0.1, 0.15) is 17.7 Å². The third-order valence-corrected chi connectivity index (χ3v) is 5.79. The lowest BCUT2D eigenvalue weighted by Gasteiger charge is -2.32. The van der Waals surface area contributed by atoms with Crippen LogP contribution >= 0.6 is 11.3 Å². The number of hydrogen-bond acceptors (Lipinski definition) is 5. The van der Waals surface area contributed by atoms with Crippen LogP contribution < -0.4 is 5.32 Å². The molecule has 1 aliphatic rings. The second-order valence-electron chi connectivity index (χ2n) is 6.60. The van der Waals surface area contributed by atoms with E-state index in [2.05, 4.69) is 38.6 Å². The largest absolute Gasteiger partial charge is 0.382 e. The van der Waals surface area contributed by atoms with Crippen LogP contribution in [0.2, 0.25) is 0 Å². The molecule has 25 heavy (non-hydrogen) atoms. The van der Waals surface area contributed by atoms with Crippen molar-refractivity contribution in [3.63, 3.8) is 0 Å². The van der Waals surface area contributed by atoms with Gasteiger partial charge in [0.15, 0.2) is 0 Å². The Labute approximate surface area is 152 Å². The van der Waals surface area contributed by atoms with Gasteiger partial charge in [-0.1, -0.05) is 0 Å². The van der Waals surface area contributed by atoms with Crippen molar-refractivity contribution in [2.75, 3.05) is 18.4 Å². The Morgan fingerprint density at radius 1 is 1.16 bits per heavy atom. The molecule has 0 amide bonds. The molecule has 4 rings (SSSR count). The minimum atomic E-state index is 0.563. The molecule has 1 aliphatic heterocycles. The Balaban J connectivity index is 1.29. The van der Waals surface area contributed by atoms with Crippen LogP contribution in [0.15, 0.2) is 49.1 Å². The first kappa shape index (κ1) is 16.3. The smallest absolute Gasteiger partial charge is 0.0576 e. The van der Waals surface area contributed by atoms with Gasteiger partial charge in [-0.05, 0) is 37.1 Å². The highest BCUT2D eigenvalue weighted by Gasteiger charge is 2.19. The molecule has 4 heterocycles. The van der Waals surface area contributed by atoms with Crippen molar-refractivity contribution in [3.05, 3.63) is 53.9 Å². The Morgan fingerprint density at radius 3 is 2.68 bits per heavy atom. The maximum atomic E-state index is 4.26. The monoisotopic (exact) mass is 353 g/mol. The van der Waals surface area contributed by atoms with Crippen molar-refractivity contribution >= 4 is 17.0 Å². The molecular formula is C19H23N5S. The fourth-order valence-corrected chi connectivity index (χ4v) is 4.33. The van der Waals surface area contributed by atoms with Gasteiger partial charge in [0.05, 0.1) is 6.20 Å². The summed E-state index contributed by atoms with van der Waals surface area (Å²) in [5, 5.41) is 7.88. The molecule has 0 radical (unpaired) electrons. The zero-order valence-corrected chi connectivity index (χ0v) is 15.2. The van der Waals surface area contributed by atoms with Crippen molar-refractivity contribution < 1.29 is 0 Å². The fraction of sp³-hybridized carbons (Fsp3) is 0.368. The van der Waals surface area contributed by atoms with Crippen molar-refractivity contribution in [2.24, 2.45) is 7.05 Å². The molecule has 0 atom stereocenters. The van der Waals surface area contributed by atoms with E-state index < -0.39 is 0 Å². The molecule has 1 N–H and O–H groups in total. The highest BCUT2D eigenvalue weighted by Crippen LogP contribution is 2.29. The lowest BCUT2D eigenvalue weighted by atomic mass is 10.0. The van der Waals surface area contributed by atoms with E-state index in [1.165, 1.54) is 33.8 Å². The molecule has 1 fully saturated rings. The van der Waals surface area contributed by atoms with Gasteiger partial charge in [-0.3, -0.25) is 14.6 Å². The number of likely N-dealkylation sites (tertiary alicyclic amines) is 1. The predicted octanol–water partition coefficient (Wildman–Crippen LogP) is 3.62. The summed E-state index contributed by atoms with van der Waals surface area (Å²) in [5.74, 6) is 0. The maximum Gasteiger partial charge on any atom is 0.0576 e. The number of rotatable bonds is 5. The van der Waals surface area contributed by atoms with Gasteiger partial charge in [0.2, 0.25) is 0 Å². The van der Waals surface area contributed by atoms with E-state index in [4.69, 9.17) is 0 Å². The standard InChI is InChI=1S/C19H23N5S/c1-23-13-15(12-21-23)19-3-2-18(25-19)14-24-10-6-17(7-11-24)22-16-4-8-20-9-5-16/h2-5,8-9,12-13,17H,6-7,10-11,14H2,1H3,(H,20,22). The van der Waals surface area contributed by atoms with E-state index in [1.54, 1.807) is 0 Å². The number of nitrogens with zero attached hydrogens (tertiary/aromatic N) is 4. The summed E-state index contributed by atoms with van der Waals surface area (Å²) in [5.41, 5.74) is 2.38. The SMILES string of the molecule is Cn1cc(-c2ccc(CN3CCC(Nc4ccncc4)CC3)s2)cn1. The van der Waals surface area contributed by atoms with Crippen LogP contribution in [0.4, 0.5) is 5.69 Å². The summed E-state index contributed by atoms with van der Waals surface area (Å²) in [6.07, 6.45) is 10.1. The summed E-state index contributed by atoms with van der Waals surface area (Å²) in [6, 6.07) is 9.12. The minimum Gasteiger partial charge on any atom is -0.382 e. The number of aromatic nitrogens is 3. The summed E-state index contributed by atoms with van der Waals surface area (Å²) < 4.78 is 1.86. The zero-order chi connectivity index (χ0) is 17.1. The van der Waals surface area contributed by atoms with E-state index in [1.807, 2.05) is 53.8 Å². The highest BCUT2D eigenvalue weighted by atomic mass is 32.1. The van der Waals surface area contributed by atoms with Crippen LogP contribution in [0.25, 0.3) is 10.4 Å². The molecule has 0 saturated carbocycles. The van der Waals surface area contributed by atoms with Gasteiger partial charge in [0.25, 0.3) is 0 Å². The molecule has 0 bridgehead atoms. The van der Waals surface area contributed by atoms with E-state index in [9.17, 15) is 0 Å². The quantitative estimate of drug-likeness (QED) is 0.761. The molecule has 3 aromatic rings. The molecular weight excluding hydrogens is 330 g/mol. The summed E-state index contributed by atoms with van der Waals surface area (Å²) >= 11 is 1.88. The molecule has 0 spiro atoms. The van der Waals surface area contributed by atoms with Crippen molar-refractivity contribution in [2.45, 2.75) is 25.4 Å². The van der Waals surface area contributed by atoms with Gasteiger partial charge in [-0.15, -0.1) is 11.3 Å². The third kappa shape index (κ3) is 4.08. The van der Waals surface area contributed by atoms with E-state index in [0.29, 0.717) is 6.04 Å². The molecule has 0 aliphatic carbocycles. The number of anilines is 1. The summed E-state index contributed by atoms with van der Waals surface area (Å²) in [7, 11) is 1.96. The fourth-order valence-electron chi connectivity index (χ4n) is 3.31. The van der Waals surface area contributed by atoms with Crippen molar-refractivity contribution in [1.29, 1.82) is 0 Å². The number of nitrogens with one attached hydrogen (secondary N) is 1. The first-order chi connectivity index (χ1) is 12.3. The Morgan fingerprint density at radius 2 is 1.96 bits per heavy atom. The predicted molar refractivity (Wildman–Crippen MR) is 103 cm³/mol. The average Bonchev–Trinajstić information content (AvgIpc) is 3.27. The van der Waals surface area contributed by atoms with Crippen LogP contribution in [0.3, 0.4) is 0 Å². The lowest BCUT2D eigenvalue weighted by Crippen LogP contribution is -2.38. The first-order valence-corrected chi connectivity index (χ1v) is 9.54. The van der Waals surface area contributed by atoms with Gasteiger partial charge in [-0.25, -0.2) is 0 Å². The highest BCUT2D eigenvalue weighted by molar-refractivity contribution is 7.15. The number of hydrogen-bond donors (Lipinski definition) is 1. The van der Waals surface area contributed by atoms with Crippen molar-refractivity contribution in [3.8, 4) is 10.4 Å². The summed E-state index contributed by atoms with van der Waals surface area (Å²) in [4.78, 5) is 9.36. The lowest BCUT2D eigenvalue weighted by molar-refractivity contribution is 0.213. The molecule has 0 unspecified atom stereocenters. The first-order valence-electron chi connectivity index (χ1n) is 8.73. The Hall–Kier alpha value is -2.18. The van der Waals surface area contributed by atoms with Crippen LogP contribution in [0.5, 0.6) is 0 Å². The number of aryl methyl sites for hydroxylation is 1. The Bertz CT molecular complexity index is 802. The minimum absolute atomic E-state index is 0.563. The second kappa shape index (κ2) is 7.37. The van der Waals surface area contributed by atoms with Gasteiger partial charge in [0.1, 0.15) is 0 Å².